The predicted octanol–water partition coefficient (Wildman–Crippen LogP) is 6.03. The number of piperidine rings is 1. The standard InChI is InChI=1S/C29H30N2O3S/c1-33-26-10-3-4-11-27(26)34-24-8-6-7-21(17-24)19-31-15-13-23(14-16-31)30-29(32)18-22-20-35-28-12-5-2-9-25(22)28/h2-12,17,20,23H,13-16,18-19H2,1H3,(H,30,32). The highest BCUT2D eigenvalue weighted by Gasteiger charge is 2.21. The van der Waals surface area contributed by atoms with Crippen LogP contribution in [-0.2, 0) is 17.8 Å². The van der Waals surface area contributed by atoms with E-state index in [4.69, 9.17) is 9.47 Å². The van der Waals surface area contributed by atoms with Crippen molar-refractivity contribution in [1.29, 1.82) is 0 Å². The fraction of sp³-hybridized carbons (Fsp3) is 0.276. The van der Waals surface area contributed by atoms with Crippen molar-refractivity contribution in [1.82, 2.24) is 10.2 Å². The van der Waals surface area contributed by atoms with Crippen LogP contribution in [0.25, 0.3) is 10.1 Å². The third-order valence-corrected chi connectivity index (χ3v) is 7.48. The van der Waals surface area contributed by atoms with Crippen molar-refractivity contribution in [2.24, 2.45) is 0 Å². The number of fused-ring (bicyclic) bond motifs is 1. The number of carbonyl (C=O) groups excluding carboxylic acids is 1. The van der Waals surface area contributed by atoms with E-state index in [1.807, 2.05) is 48.5 Å². The number of hydrogen-bond acceptors (Lipinski definition) is 5. The molecule has 5 nitrogen and oxygen atoms in total. The molecule has 0 spiro atoms. The van der Waals surface area contributed by atoms with Crippen LogP contribution in [0, 0.1) is 0 Å². The van der Waals surface area contributed by atoms with Gasteiger partial charge in [-0.15, -0.1) is 11.3 Å². The number of nitrogens with one attached hydrogen (secondary N) is 1. The highest BCUT2D eigenvalue weighted by Crippen LogP contribution is 2.31. The number of rotatable bonds is 8. The fourth-order valence-corrected chi connectivity index (χ4v) is 5.62. The summed E-state index contributed by atoms with van der Waals surface area (Å²) >= 11 is 1.70. The van der Waals surface area contributed by atoms with Crippen LogP contribution in [0.15, 0.2) is 78.2 Å². The maximum atomic E-state index is 12.7. The summed E-state index contributed by atoms with van der Waals surface area (Å²) in [6, 6.07) is 24.4. The lowest BCUT2D eigenvalue weighted by Crippen LogP contribution is -2.44. The molecule has 0 saturated carbocycles. The molecule has 1 saturated heterocycles. The number of amides is 1. The van der Waals surface area contributed by atoms with E-state index in [2.05, 4.69) is 39.9 Å². The molecule has 0 unspecified atom stereocenters. The first kappa shape index (κ1) is 23.4. The molecule has 35 heavy (non-hydrogen) atoms. The molecule has 1 N–H and O–H groups in total. The van der Waals surface area contributed by atoms with Crippen LogP contribution < -0.4 is 14.8 Å². The summed E-state index contributed by atoms with van der Waals surface area (Å²) in [5, 5.41) is 6.56. The third kappa shape index (κ3) is 5.84. The first-order chi connectivity index (χ1) is 17.2. The minimum atomic E-state index is 0.119. The highest BCUT2D eigenvalue weighted by atomic mass is 32.1. The second-order valence-electron chi connectivity index (χ2n) is 8.95. The van der Waals surface area contributed by atoms with E-state index >= 15 is 0 Å². The average molecular weight is 487 g/mol. The monoisotopic (exact) mass is 486 g/mol. The molecule has 1 aromatic heterocycles. The van der Waals surface area contributed by atoms with Crippen molar-refractivity contribution < 1.29 is 14.3 Å². The number of methoxy groups -OCH3 is 1. The van der Waals surface area contributed by atoms with E-state index in [-0.39, 0.29) is 11.9 Å². The number of para-hydroxylation sites is 2. The van der Waals surface area contributed by atoms with E-state index in [1.54, 1.807) is 18.4 Å². The molecular weight excluding hydrogens is 456 g/mol. The first-order valence-corrected chi connectivity index (χ1v) is 12.9. The molecule has 5 rings (SSSR count). The number of thiophene rings is 1. The quantitative estimate of drug-likeness (QED) is 0.331. The van der Waals surface area contributed by atoms with Gasteiger partial charge in [-0.3, -0.25) is 9.69 Å². The first-order valence-electron chi connectivity index (χ1n) is 12.0. The van der Waals surface area contributed by atoms with Crippen molar-refractivity contribution in [2.45, 2.75) is 31.8 Å². The predicted molar refractivity (Wildman–Crippen MR) is 141 cm³/mol. The lowest BCUT2D eigenvalue weighted by Gasteiger charge is -2.32. The number of likely N-dealkylation sites (tertiary alicyclic amines) is 1. The van der Waals surface area contributed by atoms with Crippen molar-refractivity contribution >= 4 is 27.3 Å². The Morgan fingerprint density at radius 2 is 1.77 bits per heavy atom. The van der Waals surface area contributed by atoms with Crippen LogP contribution in [0.2, 0.25) is 0 Å². The molecule has 3 aromatic carbocycles. The fourth-order valence-electron chi connectivity index (χ4n) is 4.65. The van der Waals surface area contributed by atoms with Crippen LogP contribution in [-0.4, -0.2) is 37.0 Å². The molecular formula is C29H30N2O3S. The second kappa shape index (κ2) is 10.9. The Morgan fingerprint density at radius 3 is 2.60 bits per heavy atom. The summed E-state index contributed by atoms with van der Waals surface area (Å²) < 4.78 is 12.7. The molecule has 0 bridgehead atoms. The molecule has 0 atom stereocenters. The van der Waals surface area contributed by atoms with E-state index in [9.17, 15) is 4.79 Å². The number of carbonyl (C=O) groups is 1. The Labute approximate surface area is 210 Å². The largest absolute Gasteiger partial charge is 0.493 e. The van der Waals surface area contributed by atoms with Crippen molar-refractivity contribution in [2.75, 3.05) is 20.2 Å². The summed E-state index contributed by atoms with van der Waals surface area (Å²) in [7, 11) is 1.65. The normalized spacial score (nSPS) is 14.7. The van der Waals surface area contributed by atoms with Gasteiger partial charge in [-0.1, -0.05) is 42.5 Å². The second-order valence-corrected chi connectivity index (χ2v) is 9.86. The number of hydrogen-bond donors (Lipinski definition) is 1. The van der Waals surface area contributed by atoms with Crippen molar-refractivity contribution in [3.05, 3.63) is 89.3 Å². The molecule has 1 fully saturated rings. The van der Waals surface area contributed by atoms with Gasteiger partial charge in [0.1, 0.15) is 5.75 Å². The molecule has 6 heteroatoms. The van der Waals surface area contributed by atoms with Gasteiger partial charge >= 0.3 is 0 Å². The van der Waals surface area contributed by atoms with Crippen LogP contribution in [0.4, 0.5) is 0 Å². The van der Waals surface area contributed by atoms with E-state index in [0.29, 0.717) is 17.9 Å². The summed E-state index contributed by atoms with van der Waals surface area (Å²) in [6.45, 7) is 2.79. The van der Waals surface area contributed by atoms with E-state index < -0.39 is 0 Å². The minimum absolute atomic E-state index is 0.119. The topological polar surface area (TPSA) is 50.8 Å². The van der Waals surface area contributed by atoms with Gasteiger partial charge in [-0.05, 0) is 65.1 Å². The molecule has 0 radical (unpaired) electrons. The van der Waals surface area contributed by atoms with Gasteiger partial charge in [0.25, 0.3) is 0 Å². The minimum Gasteiger partial charge on any atom is -0.493 e. The molecule has 2 heterocycles. The Kier molecular flexibility index (Phi) is 7.31. The summed E-state index contributed by atoms with van der Waals surface area (Å²) in [5.74, 6) is 2.34. The zero-order valence-corrected chi connectivity index (χ0v) is 20.7. The average Bonchev–Trinajstić information content (AvgIpc) is 3.28. The van der Waals surface area contributed by atoms with Gasteiger partial charge in [0.15, 0.2) is 11.5 Å². The molecule has 4 aromatic rings. The number of nitrogens with zero attached hydrogens (tertiary/aromatic N) is 1. The zero-order chi connectivity index (χ0) is 24.0. The van der Waals surface area contributed by atoms with E-state index in [1.165, 1.54) is 15.6 Å². The van der Waals surface area contributed by atoms with Crippen molar-refractivity contribution in [3.63, 3.8) is 0 Å². The molecule has 180 valence electrons. The van der Waals surface area contributed by atoms with Gasteiger partial charge in [0, 0.05) is 30.4 Å². The molecule has 1 aliphatic heterocycles. The summed E-state index contributed by atoms with van der Waals surface area (Å²) in [5.41, 5.74) is 2.33. The van der Waals surface area contributed by atoms with Crippen LogP contribution in [0.3, 0.4) is 0 Å². The summed E-state index contributed by atoms with van der Waals surface area (Å²) in [6.07, 6.45) is 2.38. The van der Waals surface area contributed by atoms with Crippen molar-refractivity contribution in [3.8, 4) is 17.2 Å². The van der Waals surface area contributed by atoms with Gasteiger partial charge < -0.3 is 14.8 Å². The van der Waals surface area contributed by atoms with Gasteiger partial charge in [0.2, 0.25) is 5.91 Å². The van der Waals surface area contributed by atoms with Crippen LogP contribution in [0.1, 0.15) is 24.0 Å². The molecule has 0 aliphatic carbocycles. The maximum absolute atomic E-state index is 12.7. The van der Waals surface area contributed by atoms with E-state index in [0.717, 1.165) is 43.8 Å². The molecule has 1 amide bonds. The smallest absolute Gasteiger partial charge is 0.224 e. The van der Waals surface area contributed by atoms with Crippen LogP contribution in [0.5, 0.6) is 17.2 Å². The van der Waals surface area contributed by atoms with Gasteiger partial charge in [-0.25, -0.2) is 0 Å². The molecule has 1 aliphatic rings. The Hall–Kier alpha value is -3.35. The van der Waals surface area contributed by atoms with Gasteiger partial charge in [-0.2, -0.15) is 0 Å². The number of benzene rings is 3. The number of ether oxygens (including phenoxy) is 2. The zero-order valence-electron chi connectivity index (χ0n) is 19.9. The SMILES string of the molecule is COc1ccccc1Oc1cccc(CN2CCC(NC(=O)Cc3csc4ccccc34)CC2)c1. The Morgan fingerprint density at radius 1 is 1.00 bits per heavy atom. The highest BCUT2D eigenvalue weighted by molar-refractivity contribution is 7.17. The Bertz CT molecular complexity index is 1290. The van der Waals surface area contributed by atoms with Gasteiger partial charge in [0.05, 0.1) is 13.5 Å². The Balaban J connectivity index is 1.11. The lowest BCUT2D eigenvalue weighted by atomic mass is 10.0. The summed E-state index contributed by atoms with van der Waals surface area (Å²) in [4.78, 5) is 15.1. The lowest BCUT2D eigenvalue weighted by molar-refractivity contribution is -0.121. The maximum Gasteiger partial charge on any atom is 0.224 e. The van der Waals surface area contributed by atoms with Crippen LogP contribution >= 0.6 is 11.3 Å². The third-order valence-electron chi connectivity index (χ3n) is 6.47.